The molecule has 0 spiro atoms. The lowest BCUT2D eigenvalue weighted by molar-refractivity contribution is 0.578. The molecule has 42 heavy (non-hydrogen) atoms. The van der Waals surface area contributed by atoms with Crippen LogP contribution in [-0.4, -0.2) is 18.3 Å². The number of benzene rings is 2. The fraction of sp³-hybridized carbons (Fsp3) is 0.286. The van der Waals surface area contributed by atoms with E-state index in [0.717, 1.165) is 16.6 Å². The summed E-state index contributed by atoms with van der Waals surface area (Å²) in [4.78, 5) is 59.7. The van der Waals surface area contributed by atoms with Crippen molar-refractivity contribution in [2.75, 3.05) is 11.5 Å². The van der Waals surface area contributed by atoms with Crippen LogP contribution in [0.3, 0.4) is 0 Å². The van der Waals surface area contributed by atoms with E-state index in [4.69, 9.17) is 34.7 Å². The van der Waals surface area contributed by atoms with E-state index < -0.39 is 22.5 Å². The number of anilines is 2. The van der Waals surface area contributed by atoms with Crippen LogP contribution in [0.1, 0.15) is 37.8 Å². The first-order chi connectivity index (χ1) is 20.0. The molecule has 0 fully saturated rings. The van der Waals surface area contributed by atoms with E-state index in [1.165, 1.54) is 19.8 Å². The van der Waals surface area contributed by atoms with Crippen molar-refractivity contribution in [3.8, 4) is 0 Å². The maximum atomic E-state index is 12.4. The largest absolute Gasteiger partial charge is 0.385 e. The second-order valence-corrected chi connectivity index (χ2v) is 10.2. The third kappa shape index (κ3) is 7.45. The van der Waals surface area contributed by atoms with Gasteiger partial charge in [0.2, 0.25) is 5.69 Å². The lowest BCUT2D eigenvalue weighted by Gasteiger charge is -2.13. The minimum atomic E-state index is -0.792. The van der Waals surface area contributed by atoms with E-state index in [2.05, 4.69) is 5.18 Å². The van der Waals surface area contributed by atoms with Gasteiger partial charge in [0.1, 0.15) is 11.6 Å². The van der Waals surface area contributed by atoms with Crippen LogP contribution >= 0.6 is 23.2 Å². The van der Waals surface area contributed by atoms with E-state index in [0.29, 0.717) is 35.1 Å². The van der Waals surface area contributed by atoms with Gasteiger partial charge in [-0.15, -0.1) is 4.91 Å². The molecule has 0 aliphatic carbocycles. The molecular formula is C28H31Cl2N7O5. The zero-order chi connectivity index (χ0) is 31.0. The summed E-state index contributed by atoms with van der Waals surface area (Å²) in [7, 11) is 0. The Labute approximate surface area is 250 Å². The first-order valence-corrected chi connectivity index (χ1v) is 13.8. The predicted octanol–water partition coefficient (Wildman–Crippen LogP) is 3.81. The topological polar surface area (TPSA) is 169 Å². The van der Waals surface area contributed by atoms with E-state index in [-0.39, 0.29) is 30.4 Å². The van der Waals surface area contributed by atoms with Crippen molar-refractivity contribution >= 4 is 40.5 Å². The lowest BCUT2D eigenvalue weighted by Crippen LogP contribution is -2.41. The van der Waals surface area contributed by atoms with Crippen LogP contribution in [0.2, 0.25) is 10.0 Å². The first kappa shape index (κ1) is 32.1. The van der Waals surface area contributed by atoms with Crippen LogP contribution in [0.25, 0.3) is 0 Å². The monoisotopic (exact) mass is 615 g/mol. The van der Waals surface area contributed by atoms with Gasteiger partial charge in [0.05, 0.1) is 13.1 Å². The summed E-state index contributed by atoms with van der Waals surface area (Å²) in [6.07, 6.45) is 1.39. The van der Waals surface area contributed by atoms with Crippen molar-refractivity contribution in [2.45, 2.75) is 52.9 Å². The van der Waals surface area contributed by atoms with Crippen molar-refractivity contribution in [1.82, 2.24) is 18.3 Å². The molecule has 0 aliphatic heterocycles. The van der Waals surface area contributed by atoms with Gasteiger partial charge in [-0.05, 0) is 53.4 Å². The fourth-order valence-corrected chi connectivity index (χ4v) is 4.39. The minimum Gasteiger partial charge on any atom is -0.385 e. The summed E-state index contributed by atoms with van der Waals surface area (Å²) >= 11 is 11.6. The molecule has 0 radical (unpaired) electrons. The Morgan fingerprint density at radius 3 is 1.62 bits per heavy atom. The van der Waals surface area contributed by atoms with Crippen molar-refractivity contribution in [1.29, 1.82) is 0 Å². The Morgan fingerprint density at radius 2 is 1.14 bits per heavy atom. The van der Waals surface area contributed by atoms with Crippen LogP contribution in [0, 0.1) is 4.91 Å². The molecule has 0 bridgehead atoms. The number of nitroso groups, excluding NO2 is 1. The standard InChI is InChI=1S/C14H15ClN4O3.C14H16ClN3O2/c1-2-7-18-12(16)11(17-22)13(20)19(14(18)21)8-9-3-5-10(15)6-4-9;1-2-7-17-12(16)8-13(19)18(14(17)20)9-10-3-5-11(15)6-4-10/h3-6H,2,7-8,16H2,1H3;3-6,8H,2,7,9,16H2,1H3. The summed E-state index contributed by atoms with van der Waals surface area (Å²) in [5.41, 5.74) is 10.4. The number of aromatic nitrogens is 4. The van der Waals surface area contributed by atoms with Gasteiger partial charge in [-0.3, -0.25) is 27.9 Å². The number of nitrogens with two attached hydrogens (primary N) is 2. The normalized spacial score (nSPS) is 10.7. The number of nitrogens with zero attached hydrogens (tertiary/aromatic N) is 5. The van der Waals surface area contributed by atoms with Gasteiger partial charge >= 0.3 is 11.4 Å². The third-order valence-corrected chi connectivity index (χ3v) is 6.75. The van der Waals surface area contributed by atoms with E-state index in [1.54, 1.807) is 48.5 Å². The molecular weight excluding hydrogens is 585 g/mol. The van der Waals surface area contributed by atoms with Gasteiger partial charge in [0, 0.05) is 29.2 Å². The van der Waals surface area contributed by atoms with Crippen LogP contribution in [0.15, 0.2) is 79.0 Å². The highest BCUT2D eigenvalue weighted by Crippen LogP contribution is 2.15. The van der Waals surface area contributed by atoms with Gasteiger partial charge in [-0.2, -0.15) is 0 Å². The quantitative estimate of drug-likeness (QED) is 0.270. The number of hydrogen-bond acceptors (Lipinski definition) is 8. The van der Waals surface area contributed by atoms with Crippen molar-refractivity contribution in [2.24, 2.45) is 5.18 Å². The van der Waals surface area contributed by atoms with Gasteiger partial charge in [-0.25, -0.2) is 9.59 Å². The Morgan fingerprint density at radius 1 is 0.690 bits per heavy atom. The molecule has 0 aliphatic rings. The van der Waals surface area contributed by atoms with Crippen LogP contribution < -0.4 is 34.0 Å². The molecule has 222 valence electrons. The Balaban J connectivity index is 0.000000231. The van der Waals surface area contributed by atoms with Gasteiger partial charge in [0.15, 0.2) is 0 Å². The molecule has 2 aromatic carbocycles. The highest BCUT2D eigenvalue weighted by molar-refractivity contribution is 6.30. The summed E-state index contributed by atoms with van der Waals surface area (Å²) in [6.45, 7) is 4.81. The fourth-order valence-electron chi connectivity index (χ4n) is 4.14. The molecule has 0 saturated carbocycles. The van der Waals surface area contributed by atoms with Crippen LogP contribution in [-0.2, 0) is 26.2 Å². The van der Waals surface area contributed by atoms with Crippen molar-refractivity contribution < 1.29 is 0 Å². The van der Waals surface area contributed by atoms with Gasteiger partial charge < -0.3 is 11.5 Å². The molecule has 0 atom stereocenters. The molecule has 12 nitrogen and oxygen atoms in total. The molecule has 4 N–H and O–H groups in total. The molecule has 2 heterocycles. The van der Waals surface area contributed by atoms with E-state index in [9.17, 15) is 24.1 Å². The van der Waals surface area contributed by atoms with Gasteiger partial charge in [0.25, 0.3) is 11.1 Å². The van der Waals surface area contributed by atoms with E-state index in [1.807, 2.05) is 13.8 Å². The van der Waals surface area contributed by atoms with Crippen LogP contribution in [0.4, 0.5) is 17.3 Å². The maximum Gasteiger partial charge on any atom is 0.332 e. The highest BCUT2D eigenvalue weighted by Gasteiger charge is 2.18. The second kappa shape index (κ2) is 14.5. The smallest absolute Gasteiger partial charge is 0.332 e. The number of hydrogen-bond donors (Lipinski definition) is 2. The predicted molar refractivity (Wildman–Crippen MR) is 166 cm³/mol. The SMILES string of the molecule is CCCn1c(N)c(N=O)c(=O)n(Cc2ccc(Cl)cc2)c1=O.CCCn1c(N)cc(=O)n(Cc2ccc(Cl)cc2)c1=O. The Hall–Kier alpha value is -4.42. The molecule has 0 saturated heterocycles. The summed E-state index contributed by atoms with van der Waals surface area (Å²) in [5, 5.41) is 3.84. The summed E-state index contributed by atoms with van der Waals surface area (Å²) < 4.78 is 4.73. The zero-order valence-electron chi connectivity index (χ0n) is 23.1. The average Bonchev–Trinajstić information content (AvgIpc) is 2.96. The molecule has 4 aromatic rings. The van der Waals surface area contributed by atoms with Gasteiger partial charge in [-0.1, -0.05) is 61.3 Å². The lowest BCUT2D eigenvalue weighted by atomic mass is 10.2. The minimum absolute atomic E-state index is 0.0152. The maximum absolute atomic E-state index is 12.4. The number of halogens is 2. The third-order valence-electron chi connectivity index (χ3n) is 6.25. The van der Waals surface area contributed by atoms with Crippen LogP contribution in [0.5, 0.6) is 0 Å². The number of nitrogen functional groups attached to an aromatic ring is 2. The first-order valence-electron chi connectivity index (χ1n) is 13.1. The highest BCUT2D eigenvalue weighted by atomic mass is 35.5. The molecule has 2 aromatic heterocycles. The average molecular weight is 617 g/mol. The molecule has 0 amide bonds. The second-order valence-electron chi connectivity index (χ2n) is 9.33. The number of rotatable bonds is 9. The Bertz CT molecular complexity index is 1790. The molecule has 0 unspecified atom stereocenters. The van der Waals surface area contributed by atoms with Crippen molar-refractivity contribution in [3.05, 3.63) is 122 Å². The zero-order valence-corrected chi connectivity index (χ0v) is 24.6. The molecule has 4 rings (SSSR count). The van der Waals surface area contributed by atoms with Crippen molar-refractivity contribution in [3.63, 3.8) is 0 Å². The summed E-state index contributed by atoms with van der Waals surface area (Å²) in [6, 6.07) is 15.0. The molecule has 14 heteroatoms. The van der Waals surface area contributed by atoms with E-state index >= 15 is 0 Å². The Kier molecular flexibility index (Phi) is 11.1. The summed E-state index contributed by atoms with van der Waals surface area (Å²) in [5.74, 6) is 0.00779.